The lowest BCUT2D eigenvalue weighted by Gasteiger charge is -2.20. The summed E-state index contributed by atoms with van der Waals surface area (Å²) >= 11 is 0. The van der Waals surface area contributed by atoms with Gasteiger partial charge in [-0.1, -0.05) is 20.3 Å². The zero-order valence-corrected chi connectivity index (χ0v) is 9.93. The van der Waals surface area contributed by atoms with Crippen LogP contribution in [0.5, 0.6) is 0 Å². The van der Waals surface area contributed by atoms with Crippen LogP contribution in [-0.2, 0) is 0 Å². The molecule has 0 spiro atoms. The molecule has 0 saturated heterocycles. The Bertz CT molecular complexity index is 113. The minimum absolute atomic E-state index is 0.659. The zero-order chi connectivity index (χ0) is 10.3. The smallest absolute Gasteiger partial charge is 0.00642 e. The second kappa shape index (κ2) is 7.34. The van der Waals surface area contributed by atoms with Crippen LogP contribution in [-0.4, -0.2) is 38.1 Å². The van der Waals surface area contributed by atoms with Gasteiger partial charge in [0, 0.05) is 6.04 Å². The molecule has 13 heavy (non-hydrogen) atoms. The average Bonchev–Trinajstić information content (AvgIpc) is 2.10. The van der Waals surface area contributed by atoms with Gasteiger partial charge < -0.3 is 10.2 Å². The van der Waals surface area contributed by atoms with Crippen molar-refractivity contribution >= 4 is 0 Å². The molecule has 0 heterocycles. The van der Waals surface area contributed by atoms with Gasteiger partial charge in [-0.2, -0.15) is 0 Å². The van der Waals surface area contributed by atoms with Crippen molar-refractivity contribution in [3.8, 4) is 0 Å². The maximum Gasteiger partial charge on any atom is 0.00642 e. The minimum atomic E-state index is 0.659. The van der Waals surface area contributed by atoms with E-state index >= 15 is 0 Å². The largest absolute Gasteiger partial charge is 0.314 e. The van der Waals surface area contributed by atoms with E-state index in [0.29, 0.717) is 6.04 Å². The first-order valence-electron chi connectivity index (χ1n) is 5.46. The summed E-state index contributed by atoms with van der Waals surface area (Å²) in [4.78, 5) is 2.23. The molecule has 2 atom stereocenters. The van der Waals surface area contributed by atoms with Gasteiger partial charge in [0.15, 0.2) is 0 Å². The third-order valence-electron chi connectivity index (χ3n) is 2.75. The van der Waals surface area contributed by atoms with Crippen molar-refractivity contribution < 1.29 is 0 Å². The van der Waals surface area contributed by atoms with Crippen molar-refractivity contribution in [2.45, 2.75) is 39.7 Å². The molecule has 0 bridgehead atoms. The number of hydrogen-bond acceptors (Lipinski definition) is 2. The highest BCUT2D eigenvalue weighted by atomic mass is 15.1. The standard InChI is InChI=1S/C11H26N2/c1-6-10(2)11(3)12-8-7-9-13(4)5/h10-12H,6-9H2,1-5H3. The molecule has 0 aliphatic carbocycles. The molecule has 0 aromatic carbocycles. The summed E-state index contributed by atoms with van der Waals surface area (Å²) in [5.41, 5.74) is 0. The topological polar surface area (TPSA) is 15.3 Å². The molecule has 0 aromatic heterocycles. The maximum atomic E-state index is 3.56. The molecular weight excluding hydrogens is 160 g/mol. The van der Waals surface area contributed by atoms with Crippen LogP contribution in [0.25, 0.3) is 0 Å². The van der Waals surface area contributed by atoms with Crippen molar-refractivity contribution in [1.29, 1.82) is 0 Å². The molecule has 0 aromatic rings. The summed E-state index contributed by atoms with van der Waals surface area (Å²) in [7, 11) is 4.25. The number of hydrogen-bond donors (Lipinski definition) is 1. The normalized spacial score (nSPS) is 16.2. The van der Waals surface area contributed by atoms with E-state index in [2.05, 4.69) is 45.1 Å². The minimum Gasteiger partial charge on any atom is -0.314 e. The lowest BCUT2D eigenvalue weighted by Crippen LogP contribution is -2.33. The average molecular weight is 186 g/mol. The third-order valence-corrected chi connectivity index (χ3v) is 2.75. The van der Waals surface area contributed by atoms with E-state index < -0.39 is 0 Å². The first-order valence-corrected chi connectivity index (χ1v) is 5.46. The molecule has 0 amide bonds. The summed E-state index contributed by atoms with van der Waals surface area (Å²) < 4.78 is 0. The first kappa shape index (κ1) is 12.9. The van der Waals surface area contributed by atoms with Crippen molar-refractivity contribution in [1.82, 2.24) is 10.2 Å². The van der Waals surface area contributed by atoms with Crippen LogP contribution in [0.1, 0.15) is 33.6 Å². The fraction of sp³-hybridized carbons (Fsp3) is 1.00. The van der Waals surface area contributed by atoms with Crippen LogP contribution in [0, 0.1) is 5.92 Å². The van der Waals surface area contributed by atoms with Crippen molar-refractivity contribution in [3.63, 3.8) is 0 Å². The van der Waals surface area contributed by atoms with E-state index in [9.17, 15) is 0 Å². The lowest BCUT2D eigenvalue weighted by atomic mass is 10.0. The molecule has 2 unspecified atom stereocenters. The summed E-state index contributed by atoms with van der Waals surface area (Å²) in [6, 6.07) is 0.659. The van der Waals surface area contributed by atoms with Gasteiger partial charge in [0.1, 0.15) is 0 Å². The van der Waals surface area contributed by atoms with E-state index in [0.717, 1.165) is 12.5 Å². The van der Waals surface area contributed by atoms with Gasteiger partial charge in [0.2, 0.25) is 0 Å². The monoisotopic (exact) mass is 186 g/mol. The van der Waals surface area contributed by atoms with Gasteiger partial charge in [-0.3, -0.25) is 0 Å². The Kier molecular flexibility index (Phi) is 7.29. The number of nitrogens with zero attached hydrogens (tertiary/aromatic N) is 1. The van der Waals surface area contributed by atoms with Gasteiger partial charge in [-0.15, -0.1) is 0 Å². The molecule has 2 heteroatoms. The highest BCUT2D eigenvalue weighted by Gasteiger charge is 2.07. The molecule has 0 radical (unpaired) electrons. The number of nitrogens with one attached hydrogen (secondary N) is 1. The molecule has 0 aliphatic rings. The quantitative estimate of drug-likeness (QED) is 0.612. The van der Waals surface area contributed by atoms with E-state index in [-0.39, 0.29) is 0 Å². The molecule has 0 fully saturated rings. The SMILES string of the molecule is CCC(C)C(C)NCCCN(C)C. The lowest BCUT2D eigenvalue weighted by molar-refractivity contribution is 0.358. The highest BCUT2D eigenvalue weighted by molar-refractivity contribution is 4.66. The van der Waals surface area contributed by atoms with E-state index in [1.807, 2.05) is 0 Å². The number of rotatable bonds is 7. The fourth-order valence-corrected chi connectivity index (χ4v) is 1.28. The van der Waals surface area contributed by atoms with Gasteiger partial charge in [0.05, 0.1) is 0 Å². The van der Waals surface area contributed by atoms with Gasteiger partial charge in [0.25, 0.3) is 0 Å². The molecule has 2 nitrogen and oxygen atoms in total. The molecule has 0 rings (SSSR count). The second-order valence-corrected chi connectivity index (χ2v) is 4.29. The van der Waals surface area contributed by atoms with Crippen LogP contribution in [0.2, 0.25) is 0 Å². The van der Waals surface area contributed by atoms with Crippen LogP contribution in [0.15, 0.2) is 0 Å². The third kappa shape index (κ3) is 7.03. The van der Waals surface area contributed by atoms with Gasteiger partial charge in [-0.25, -0.2) is 0 Å². The Morgan fingerprint density at radius 3 is 2.31 bits per heavy atom. The molecular formula is C11H26N2. The van der Waals surface area contributed by atoms with Crippen molar-refractivity contribution in [2.24, 2.45) is 5.92 Å². The van der Waals surface area contributed by atoms with Crippen LogP contribution < -0.4 is 5.32 Å². The Labute approximate surface area is 83.7 Å². The summed E-state index contributed by atoms with van der Waals surface area (Å²) in [6.07, 6.45) is 2.51. The first-order chi connectivity index (χ1) is 6.07. The molecule has 1 N–H and O–H groups in total. The Morgan fingerprint density at radius 2 is 1.85 bits per heavy atom. The Morgan fingerprint density at radius 1 is 1.23 bits per heavy atom. The summed E-state index contributed by atoms with van der Waals surface area (Å²) in [5.74, 6) is 0.791. The van der Waals surface area contributed by atoms with E-state index in [4.69, 9.17) is 0 Å². The Hall–Kier alpha value is -0.0800. The molecule has 0 aliphatic heterocycles. The van der Waals surface area contributed by atoms with Gasteiger partial charge in [-0.05, 0) is 46.4 Å². The maximum absolute atomic E-state index is 3.56. The van der Waals surface area contributed by atoms with Crippen molar-refractivity contribution in [3.05, 3.63) is 0 Å². The zero-order valence-electron chi connectivity index (χ0n) is 9.93. The van der Waals surface area contributed by atoms with Crippen LogP contribution in [0.3, 0.4) is 0 Å². The molecule has 0 saturated carbocycles. The highest BCUT2D eigenvalue weighted by Crippen LogP contribution is 2.05. The predicted molar refractivity (Wildman–Crippen MR) is 60.1 cm³/mol. The summed E-state index contributed by atoms with van der Waals surface area (Å²) in [5, 5.41) is 3.56. The summed E-state index contributed by atoms with van der Waals surface area (Å²) in [6.45, 7) is 9.17. The van der Waals surface area contributed by atoms with E-state index in [1.54, 1.807) is 0 Å². The van der Waals surface area contributed by atoms with Crippen molar-refractivity contribution in [2.75, 3.05) is 27.2 Å². The van der Waals surface area contributed by atoms with E-state index in [1.165, 1.54) is 19.4 Å². The van der Waals surface area contributed by atoms with Crippen LogP contribution in [0.4, 0.5) is 0 Å². The predicted octanol–water partition coefficient (Wildman–Crippen LogP) is 1.96. The second-order valence-electron chi connectivity index (χ2n) is 4.29. The molecule has 80 valence electrons. The van der Waals surface area contributed by atoms with Gasteiger partial charge >= 0.3 is 0 Å². The van der Waals surface area contributed by atoms with Crippen LogP contribution >= 0.6 is 0 Å². The Balaban J connectivity index is 3.31. The fourth-order valence-electron chi connectivity index (χ4n) is 1.28.